The number of anilines is 1. The molecule has 0 bridgehead atoms. The number of rotatable bonds is 2. The molecule has 0 spiro atoms. The maximum Gasteiger partial charge on any atom is 0.146 e. The van der Waals surface area contributed by atoms with E-state index in [9.17, 15) is 0 Å². The van der Waals surface area contributed by atoms with E-state index in [4.69, 9.17) is 4.99 Å². The van der Waals surface area contributed by atoms with Gasteiger partial charge in [0.2, 0.25) is 0 Å². The van der Waals surface area contributed by atoms with E-state index in [1.807, 2.05) is 11.3 Å². The van der Waals surface area contributed by atoms with Crippen LogP contribution in [-0.4, -0.2) is 5.71 Å². The van der Waals surface area contributed by atoms with Crippen LogP contribution >= 0.6 is 11.3 Å². The number of benzene rings is 5. The summed E-state index contributed by atoms with van der Waals surface area (Å²) in [4.78, 5) is 5.28. The number of hydrogen-bond acceptors (Lipinski definition) is 3. The Morgan fingerprint density at radius 3 is 2.42 bits per heavy atom. The van der Waals surface area contributed by atoms with Gasteiger partial charge in [0.05, 0.1) is 5.71 Å². The van der Waals surface area contributed by atoms with Gasteiger partial charge >= 0.3 is 0 Å². The molecule has 1 N–H and O–H groups in total. The minimum absolute atomic E-state index is 0.158. The van der Waals surface area contributed by atoms with Gasteiger partial charge in [0, 0.05) is 47.9 Å². The van der Waals surface area contributed by atoms with Crippen molar-refractivity contribution in [1.82, 2.24) is 0 Å². The van der Waals surface area contributed by atoms with Gasteiger partial charge in [0.15, 0.2) is 0 Å². The first-order chi connectivity index (χ1) is 16.4. The number of nitrogens with one attached hydrogen (secondary N) is 1. The molecule has 1 aliphatic rings. The van der Waals surface area contributed by atoms with Gasteiger partial charge in [0.25, 0.3) is 0 Å². The summed E-state index contributed by atoms with van der Waals surface area (Å²) in [5.41, 5.74) is 5.66. The van der Waals surface area contributed by atoms with Gasteiger partial charge in [0.1, 0.15) is 6.17 Å². The molecule has 1 aliphatic heterocycles. The fraction of sp³-hybridized carbons (Fsp3) is 0.0333. The Balaban J connectivity index is 1.51. The molecule has 0 aliphatic carbocycles. The van der Waals surface area contributed by atoms with Crippen molar-refractivity contribution in [3.05, 3.63) is 126 Å². The van der Waals surface area contributed by atoms with Crippen molar-refractivity contribution in [2.24, 2.45) is 4.99 Å². The summed E-state index contributed by atoms with van der Waals surface area (Å²) in [7, 11) is 0. The molecular formula is C30H20N2S. The third kappa shape index (κ3) is 2.90. The van der Waals surface area contributed by atoms with E-state index in [1.165, 1.54) is 36.5 Å². The lowest BCUT2D eigenvalue weighted by atomic mass is 9.95. The number of hydrogen-bond donors (Lipinski definition) is 1. The smallest absolute Gasteiger partial charge is 0.146 e. The normalized spacial score (nSPS) is 15.4. The number of nitrogens with zero attached hydrogens (tertiary/aromatic N) is 1. The zero-order valence-corrected chi connectivity index (χ0v) is 18.6. The molecular weight excluding hydrogens is 420 g/mol. The zero-order valence-electron chi connectivity index (χ0n) is 17.8. The van der Waals surface area contributed by atoms with E-state index < -0.39 is 0 Å². The van der Waals surface area contributed by atoms with Crippen LogP contribution in [0.1, 0.15) is 22.9 Å². The van der Waals surface area contributed by atoms with E-state index in [0.29, 0.717) is 0 Å². The van der Waals surface area contributed by atoms with Gasteiger partial charge in [-0.15, -0.1) is 11.3 Å². The molecule has 0 saturated heterocycles. The van der Waals surface area contributed by atoms with Crippen molar-refractivity contribution in [3.8, 4) is 0 Å². The van der Waals surface area contributed by atoms with Crippen LogP contribution in [0, 0.1) is 0 Å². The minimum Gasteiger partial charge on any atom is -0.359 e. The van der Waals surface area contributed by atoms with Crippen LogP contribution in [0.4, 0.5) is 5.69 Å². The lowest BCUT2D eigenvalue weighted by Crippen LogP contribution is -2.20. The van der Waals surface area contributed by atoms with Crippen LogP contribution < -0.4 is 5.32 Å². The standard InChI is InChI=1S/C30H20N2S/c1-2-9-20(10-3-1)28-23-13-4-6-15-25(23)31-30(32-28)24-14-8-11-19-17-18-22-21-12-5-7-16-26(21)33-29(22)27(19)24/h1-18,30-31H. The monoisotopic (exact) mass is 440 g/mol. The summed E-state index contributed by atoms with van der Waals surface area (Å²) in [5, 5.41) is 8.91. The third-order valence-electron chi connectivity index (χ3n) is 6.49. The first-order valence-corrected chi connectivity index (χ1v) is 12.0. The average Bonchev–Trinajstić information content (AvgIpc) is 3.27. The number of thiophene rings is 1. The van der Waals surface area contributed by atoms with E-state index in [2.05, 4.69) is 115 Å². The van der Waals surface area contributed by atoms with E-state index >= 15 is 0 Å². The first-order valence-electron chi connectivity index (χ1n) is 11.2. The highest BCUT2D eigenvalue weighted by atomic mass is 32.1. The van der Waals surface area contributed by atoms with Crippen LogP contribution in [0.3, 0.4) is 0 Å². The van der Waals surface area contributed by atoms with Crippen LogP contribution in [0.5, 0.6) is 0 Å². The predicted octanol–water partition coefficient (Wildman–Crippen LogP) is 8.17. The fourth-order valence-corrected chi connectivity index (χ4v) is 6.25. The van der Waals surface area contributed by atoms with Gasteiger partial charge < -0.3 is 5.32 Å². The van der Waals surface area contributed by atoms with Gasteiger partial charge in [-0.3, -0.25) is 4.99 Å². The summed E-state index contributed by atoms with van der Waals surface area (Å²) in [5.74, 6) is 0. The Bertz CT molecular complexity index is 1700. The molecule has 2 heterocycles. The van der Waals surface area contributed by atoms with Gasteiger partial charge in [-0.1, -0.05) is 97.1 Å². The van der Waals surface area contributed by atoms with Crippen LogP contribution in [-0.2, 0) is 0 Å². The van der Waals surface area contributed by atoms with Crippen LogP contribution in [0.15, 0.2) is 114 Å². The Labute approximate surface area is 195 Å². The van der Waals surface area contributed by atoms with Crippen LogP contribution in [0.2, 0.25) is 0 Å². The number of fused-ring (bicyclic) bond motifs is 6. The summed E-state index contributed by atoms with van der Waals surface area (Å²) in [6.07, 6.45) is -0.158. The largest absolute Gasteiger partial charge is 0.359 e. The topological polar surface area (TPSA) is 24.4 Å². The highest BCUT2D eigenvalue weighted by Crippen LogP contribution is 2.42. The maximum absolute atomic E-state index is 5.28. The Hall–Kier alpha value is -3.95. The van der Waals surface area contributed by atoms with Gasteiger partial charge in [-0.2, -0.15) is 0 Å². The second-order valence-electron chi connectivity index (χ2n) is 8.42. The quantitative estimate of drug-likeness (QED) is 0.288. The highest BCUT2D eigenvalue weighted by Gasteiger charge is 2.24. The van der Waals surface area contributed by atoms with E-state index in [0.717, 1.165) is 22.5 Å². The SMILES string of the molecule is c1ccc(C2=NC(c3cccc4ccc5c6ccccc6sc5c34)Nc3ccccc32)cc1. The zero-order chi connectivity index (χ0) is 21.8. The summed E-state index contributed by atoms with van der Waals surface area (Å²) < 4.78 is 2.66. The Kier molecular flexibility index (Phi) is 4.11. The Morgan fingerprint density at radius 1 is 0.667 bits per heavy atom. The van der Waals surface area contributed by atoms with Gasteiger partial charge in [-0.05, 0) is 17.5 Å². The molecule has 33 heavy (non-hydrogen) atoms. The molecule has 156 valence electrons. The highest BCUT2D eigenvalue weighted by molar-refractivity contribution is 7.26. The molecule has 1 aromatic heterocycles. The predicted molar refractivity (Wildman–Crippen MR) is 142 cm³/mol. The molecule has 0 saturated carbocycles. The van der Waals surface area contributed by atoms with Crippen molar-refractivity contribution in [2.45, 2.75) is 6.17 Å². The third-order valence-corrected chi connectivity index (χ3v) is 7.70. The molecule has 5 aromatic carbocycles. The second kappa shape index (κ2) is 7.29. The second-order valence-corrected chi connectivity index (χ2v) is 9.47. The van der Waals surface area contributed by atoms with Crippen LogP contribution in [0.25, 0.3) is 30.9 Å². The lowest BCUT2D eigenvalue weighted by Gasteiger charge is -2.27. The molecule has 6 aromatic rings. The average molecular weight is 441 g/mol. The Morgan fingerprint density at radius 2 is 1.48 bits per heavy atom. The van der Waals surface area contributed by atoms with Crippen molar-refractivity contribution >= 4 is 53.7 Å². The molecule has 2 nitrogen and oxygen atoms in total. The van der Waals surface area contributed by atoms with Crippen molar-refractivity contribution in [2.75, 3.05) is 5.32 Å². The number of aliphatic imine (C=N–C) groups is 1. The van der Waals surface area contributed by atoms with Crippen molar-refractivity contribution in [3.63, 3.8) is 0 Å². The molecule has 0 fully saturated rings. The fourth-order valence-electron chi connectivity index (χ4n) is 4.97. The molecule has 1 unspecified atom stereocenters. The molecule has 7 rings (SSSR count). The van der Waals surface area contributed by atoms with Gasteiger partial charge in [-0.25, -0.2) is 0 Å². The van der Waals surface area contributed by atoms with E-state index in [1.54, 1.807) is 0 Å². The first kappa shape index (κ1) is 18.6. The molecule has 1 atom stereocenters. The van der Waals surface area contributed by atoms with Crippen molar-refractivity contribution < 1.29 is 0 Å². The molecule has 0 amide bonds. The maximum atomic E-state index is 5.28. The minimum atomic E-state index is -0.158. The summed E-state index contributed by atoms with van der Waals surface area (Å²) >= 11 is 1.88. The number of para-hydroxylation sites is 1. The van der Waals surface area contributed by atoms with E-state index in [-0.39, 0.29) is 6.17 Å². The molecule has 3 heteroatoms. The summed E-state index contributed by atoms with van der Waals surface area (Å²) in [6, 6.07) is 38.8. The lowest BCUT2D eigenvalue weighted by molar-refractivity contribution is 0.837. The summed E-state index contributed by atoms with van der Waals surface area (Å²) in [6.45, 7) is 0. The molecule has 0 radical (unpaired) electrons. The van der Waals surface area contributed by atoms with Crippen molar-refractivity contribution in [1.29, 1.82) is 0 Å².